The number of hydrogen-bond acceptors (Lipinski definition) is 4. The van der Waals surface area contributed by atoms with Gasteiger partial charge in [0.2, 0.25) is 17.7 Å². The van der Waals surface area contributed by atoms with E-state index < -0.39 is 23.5 Å². The molecule has 158 valence electrons. The Bertz CT molecular complexity index is 665. The molecule has 2 N–H and O–H groups in total. The average Bonchev–Trinajstić information content (AvgIpc) is 2.93. The molecule has 3 amide bonds. The summed E-state index contributed by atoms with van der Waals surface area (Å²) in [4.78, 5) is 51.1. The first-order chi connectivity index (χ1) is 12.7. The fourth-order valence-electron chi connectivity index (χ4n) is 4.44. The van der Waals surface area contributed by atoms with Gasteiger partial charge in [0.25, 0.3) is 0 Å². The second-order valence-electron chi connectivity index (χ2n) is 10.3. The Morgan fingerprint density at radius 1 is 1.14 bits per heavy atom. The number of likely N-dealkylation sites (tertiary alicyclic amines) is 1. The maximum atomic E-state index is 13.4. The molecule has 5 atom stereocenters. The van der Waals surface area contributed by atoms with Crippen molar-refractivity contribution in [2.45, 2.75) is 73.5 Å². The summed E-state index contributed by atoms with van der Waals surface area (Å²) in [5, 5.41) is 5.58. The van der Waals surface area contributed by atoms with Gasteiger partial charge in [0.1, 0.15) is 18.4 Å². The molecule has 2 aliphatic rings. The molecule has 0 radical (unpaired) electrons. The molecule has 0 bridgehead atoms. The largest absolute Gasteiger partial charge is 0.345 e. The smallest absolute Gasteiger partial charge is 0.246 e. The highest BCUT2D eigenvalue weighted by atomic mass is 16.2. The molecule has 1 heterocycles. The molecule has 2 fully saturated rings. The molecule has 0 spiro atoms. The molecule has 7 heteroatoms. The number of carbonyl (C=O) groups excluding carboxylic acids is 4. The zero-order valence-electron chi connectivity index (χ0n) is 18.3. The Hall–Kier alpha value is -1.92. The topological polar surface area (TPSA) is 95.6 Å². The Labute approximate surface area is 168 Å². The first-order valence-corrected chi connectivity index (χ1v) is 10.1. The standard InChI is InChI=1S/C21H35N3O4/c1-11(2)14(10-25)23-18(27)16-15-13(21(15,7)8)9-24(16)19(28)17(20(4,5)6)22-12(3)26/h10-11,13-17H,9H2,1-8H3,(H,22,26)(H,23,27)/t13-,14+,15-,16-,17+/m0/s1. The average molecular weight is 394 g/mol. The lowest BCUT2D eigenvalue weighted by molar-refractivity contribution is -0.145. The van der Waals surface area contributed by atoms with Gasteiger partial charge in [-0.05, 0) is 28.6 Å². The maximum absolute atomic E-state index is 13.4. The van der Waals surface area contributed by atoms with Gasteiger partial charge in [0.15, 0.2) is 0 Å². The number of hydrogen-bond donors (Lipinski definition) is 2. The highest BCUT2D eigenvalue weighted by Gasteiger charge is 2.69. The third-order valence-corrected chi connectivity index (χ3v) is 6.39. The van der Waals surface area contributed by atoms with Crippen molar-refractivity contribution in [3.8, 4) is 0 Å². The summed E-state index contributed by atoms with van der Waals surface area (Å²) in [7, 11) is 0. The number of fused-ring (bicyclic) bond motifs is 1. The number of nitrogens with one attached hydrogen (secondary N) is 2. The zero-order chi connectivity index (χ0) is 21.6. The van der Waals surface area contributed by atoms with Crippen LogP contribution in [0.25, 0.3) is 0 Å². The molecule has 7 nitrogen and oxygen atoms in total. The third kappa shape index (κ3) is 4.08. The quantitative estimate of drug-likeness (QED) is 0.666. The summed E-state index contributed by atoms with van der Waals surface area (Å²) in [6.45, 7) is 15.5. The summed E-state index contributed by atoms with van der Waals surface area (Å²) >= 11 is 0. The molecule has 2 rings (SSSR count). The summed E-state index contributed by atoms with van der Waals surface area (Å²) in [6.07, 6.45) is 0.745. The molecule has 1 aliphatic heterocycles. The number of aldehydes is 1. The molecular weight excluding hydrogens is 358 g/mol. The molecule has 1 saturated carbocycles. The fourth-order valence-corrected chi connectivity index (χ4v) is 4.44. The molecule has 1 saturated heterocycles. The van der Waals surface area contributed by atoms with Crippen LogP contribution in [0.3, 0.4) is 0 Å². The van der Waals surface area contributed by atoms with Crippen LogP contribution in [0.1, 0.15) is 55.4 Å². The highest BCUT2D eigenvalue weighted by molar-refractivity contribution is 5.94. The van der Waals surface area contributed by atoms with Gasteiger partial charge in [0, 0.05) is 13.5 Å². The van der Waals surface area contributed by atoms with Gasteiger partial charge in [-0.3, -0.25) is 14.4 Å². The normalized spacial score (nSPS) is 27.6. The van der Waals surface area contributed by atoms with Crippen molar-refractivity contribution in [2.75, 3.05) is 6.54 Å². The predicted octanol–water partition coefficient (Wildman–Crippen LogP) is 1.36. The molecule has 1 aliphatic carbocycles. The summed E-state index contributed by atoms with van der Waals surface area (Å²) in [5.74, 6) is -0.519. The molecule has 0 aromatic rings. The van der Waals surface area contributed by atoms with E-state index >= 15 is 0 Å². The number of nitrogens with zero attached hydrogens (tertiary/aromatic N) is 1. The molecule has 0 unspecified atom stereocenters. The van der Waals surface area contributed by atoms with Gasteiger partial charge in [-0.2, -0.15) is 0 Å². The van der Waals surface area contributed by atoms with Crippen LogP contribution in [0.4, 0.5) is 0 Å². The lowest BCUT2D eigenvalue weighted by Crippen LogP contribution is -2.60. The summed E-state index contributed by atoms with van der Waals surface area (Å²) in [6, 6.07) is -1.92. The van der Waals surface area contributed by atoms with Crippen LogP contribution in [0, 0.1) is 28.6 Å². The van der Waals surface area contributed by atoms with Gasteiger partial charge in [-0.15, -0.1) is 0 Å². The van der Waals surface area contributed by atoms with Crippen LogP contribution >= 0.6 is 0 Å². The van der Waals surface area contributed by atoms with Crippen LogP contribution in [0.5, 0.6) is 0 Å². The van der Waals surface area contributed by atoms with Crippen molar-refractivity contribution in [3.05, 3.63) is 0 Å². The lowest BCUT2D eigenvalue weighted by Gasteiger charge is -2.37. The third-order valence-electron chi connectivity index (χ3n) is 6.39. The Kier molecular flexibility index (Phi) is 5.98. The minimum absolute atomic E-state index is 0.0154. The van der Waals surface area contributed by atoms with Gasteiger partial charge in [0.05, 0.1) is 6.04 Å². The highest BCUT2D eigenvalue weighted by Crippen LogP contribution is 2.65. The fraction of sp³-hybridized carbons (Fsp3) is 0.810. The number of rotatable bonds is 6. The lowest BCUT2D eigenvalue weighted by atomic mass is 9.85. The predicted molar refractivity (Wildman–Crippen MR) is 106 cm³/mol. The van der Waals surface area contributed by atoms with Crippen molar-refractivity contribution in [2.24, 2.45) is 28.6 Å². The Morgan fingerprint density at radius 2 is 1.71 bits per heavy atom. The van der Waals surface area contributed by atoms with E-state index in [1.807, 2.05) is 34.6 Å². The molecule has 28 heavy (non-hydrogen) atoms. The van der Waals surface area contributed by atoms with Crippen molar-refractivity contribution >= 4 is 24.0 Å². The number of amides is 3. The monoisotopic (exact) mass is 393 g/mol. The first kappa shape index (κ1) is 22.4. The van der Waals surface area contributed by atoms with Crippen LogP contribution < -0.4 is 10.6 Å². The Balaban J connectivity index is 2.29. The van der Waals surface area contributed by atoms with Crippen molar-refractivity contribution in [1.29, 1.82) is 0 Å². The Morgan fingerprint density at radius 3 is 2.14 bits per heavy atom. The second kappa shape index (κ2) is 7.48. The van der Waals surface area contributed by atoms with Crippen LogP contribution in [-0.4, -0.2) is 53.6 Å². The second-order valence-corrected chi connectivity index (χ2v) is 10.3. The zero-order valence-corrected chi connectivity index (χ0v) is 18.3. The van der Waals surface area contributed by atoms with E-state index in [0.29, 0.717) is 6.54 Å². The minimum atomic E-state index is -0.715. The van der Waals surface area contributed by atoms with Gasteiger partial charge >= 0.3 is 0 Å². The van der Waals surface area contributed by atoms with E-state index in [9.17, 15) is 19.2 Å². The van der Waals surface area contributed by atoms with E-state index in [1.165, 1.54) is 6.92 Å². The van der Waals surface area contributed by atoms with Crippen molar-refractivity contribution in [3.63, 3.8) is 0 Å². The molecule has 0 aromatic carbocycles. The first-order valence-electron chi connectivity index (χ1n) is 10.1. The van der Waals surface area contributed by atoms with E-state index in [4.69, 9.17) is 0 Å². The van der Waals surface area contributed by atoms with Gasteiger partial charge in [-0.25, -0.2) is 0 Å². The number of piperidine rings is 1. The maximum Gasteiger partial charge on any atom is 0.246 e. The van der Waals surface area contributed by atoms with E-state index in [-0.39, 0.29) is 40.9 Å². The summed E-state index contributed by atoms with van der Waals surface area (Å²) < 4.78 is 0. The number of carbonyl (C=O) groups is 4. The van der Waals surface area contributed by atoms with E-state index in [0.717, 1.165) is 6.29 Å². The van der Waals surface area contributed by atoms with Crippen LogP contribution in [0.15, 0.2) is 0 Å². The van der Waals surface area contributed by atoms with Crippen molar-refractivity contribution < 1.29 is 19.2 Å². The van der Waals surface area contributed by atoms with Crippen LogP contribution in [0.2, 0.25) is 0 Å². The van der Waals surface area contributed by atoms with Crippen molar-refractivity contribution in [1.82, 2.24) is 15.5 Å². The molecule has 0 aromatic heterocycles. The minimum Gasteiger partial charge on any atom is -0.345 e. The van der Waals surface area contributed by atoms with Gasteiger partial charge < -0.3 is 20.3 Å². The van der Waals surface area contributed by atoms with E-state index in [2.05, 4.69) is 24.5 Å². The summed E-state index contributed by atoms with van der Waals surface area (Å²) in [5.41, 5.74) is -0.506. The SMILES string of the molecule is CC(=O)N[C@H](C(=O)N1C[C@H]2[C@@H]([C@H]1C(=O)N[C@H](C=O)C(C)C)C2(C)C)C(C)(C)C. The van der Waals surface area contributed by atoms with E-state index in [1.54, 1.807) is 4.90 Å². The molecular formula is C21H35N3O4. The van der Waals surface area contributed by atoms with Crippen LogP contribution in [-0.2, 0) is 19.2 Å². The van der Waals surface area contributed by atoms with Gasteiger partial charge in [-0.1, -0.05) is 48.5 Å².